The summed E-state index contributed by atoms with van der Waals surface area (Å²) in [5.41, 5.74) is 0. The van der Waals surface area contributed by atoms with E-state index >= 15 is 0 Å². The van der Waals surface area contributed by atoms with Crippen molar-refractivity contribution in [2.24, 2.45) is 0 Å². The number of phosphoric ester groups is 1. The molecule has 0 aromatic heterocycles. The molecule has 3 atom stereocenters. The highest BCUT2D eigenvalue weighted by Crippen LogP contribution is 2.43. The minimum absolute atomic E-state index is 0.0409. The van der Waals surface area contributed by atoms with Crippen molar-refractivity contribution in [2.45, 2.75) is 348 Å². The molecule has 0 radical (unpaired) electrons. The molecule has 0 aliphatic rings. The SMILES string of the molecule is CCCCCCCC/C=C/CCCCCCCCCCCCCCCCCC(=O)OC(/C=C\CCCCCCCCCCC)C(COP(=O)(O)OCC[N+](C)(C)C)NC(=O)CCCCCCC/C=C/CCCCCCCCC. The van der Waals surface area contributed by atoms with E-state index in [1.165, 1.54) is 225 Å². The van der Waals surface area contributed by atoms with E-state index in [4.69, 9.17) is 13.8 Å². The van der Waals surface area contributed by atoms with Crippen LogP contribution < -0.4 is 5.32 Å². The smallest absolute Gasteiger partial charge is 0.456 e. The summed E-state index contributed by atoms with van der Waals surface area (Å²) in [4.78, 5) is 37.8. The van der Waals surface area contributed by atoms with E-state index in [1.54, 1.807) is 0 Å². The number of esters is 1. The number of unbranched alkanes of at least 4 members (excludes halogenated alkanes) is 42. The fourth-order valence-electron chi connectivity index (χ4n) is 10.0. The Hall–Kier alpha value is -1.77. The molecule has 0 saturated carbocycles. The summed E-state index contributed by atoms with van der Waals surface area (Å²) in [6, 6.07) is -0.849. The molecule has 0 bridgehead atoms. The molecule has 9 nitrogen and oxygen atoms in total. The minimum Gasteiger partial charge on any atom is -0.456 e. The third-order valence-electron chi connectivity index (χ3n) is 15.3. The highest BCUT2D eigenvalue weighted by atomic mass is 31.2. The number of hydrogen-bond donors (Lipinski definition) is 2. The number of allylic oxidation sites excluding steroid dienone is 5. The Kier molecular flexibility index (Phi) is 57.1. The van der Waals surface area contributed by atoms with Crippen LogP contribution in [-0.2, 0) is 27.9 Å². The fraction of sp³-hybridized carbons (Fsp3) is 0.882. The second-order valence-electron chi connectivity index (χ2n) is 24.3. The number of phosphoric acid groups is 1. The molecule has 10 heteroatoms. The number of hydrogen-bond acceptors (Lipinski definition) is 6. The molecule has 0 rings (SSSR count). The molecule has 2 N–H and O–H groups in total. The first-order valence-electron chi connectivity index (χ1n) is 33.8. The fourth-order valence-corrected chi connectivity index (χ4v) is 10.8. The van der Waals surface area contributed by atoms with E-state index in [1.807, 2.05) is 33.3 Å². The molecule has 3 unspecified atom stereocenters. The Morgan fingerprint density at radius 3 is 1.09 bits per heavy atom. The lowest BCUT2D eigenvalue weighted by molar-refractivity contribution is -0.870. The van der Waals surface area contributed by atoms with Crippen LogP contribution in [0.2, 0.25) is 0 Å². The van der Waals surface area contributed by atoms with Gasteiger partial charge in [-0.15, -0.1) is 0 Å². The number of carbonyl (C=O) groups excluding carboxylic acids is 2. The van der Waals surface area contributed by atoms with E-state index in [9.17, 15) is 19.0 Å². The summed E-state index contributed by atoms with van der Waals surface area (Å²) >= 11 is 0. The van der Waals surface area contributed by atoms with Gasteiger partial charge < -0.3 is 19.4 Å². The number of carbonyl (C=O) groups is 2. The molecule has 0 heterocycles. The summed E-state index contributed by atoms with van der Waals surface area (Å²) in [6.45, 7) is 7.04. The van der Waals surface area contributed by atoms with Crippen molar-refractivity contribution in [1.82, 2.24) is 5.32 Å². The topological polar surface area (TPSA) is 111 Å². The Morgan fingerprint density at radius 1 is 0.436 bits per heavy atom. The molecule has 0 spiro atoms. The zero-order valence-corrected chi connectivity index (χ0v) is 53.6. The highest BCUT2D eigenvalue weighted by Gasteiger charge is 2.30. The lowest BCUT2D eigenvalue weighted by Gasteiger charge is -2.27. The number of nitrogens with zero attached hydrogens (tertiary/aromatic N) is 1. The van der Waals surface area contributed by atoms with E-state index in [2.05, 4.69) is 50.4 Å². The van der Waals surface area contributed by atoms with Gasteiger partial charge in [0.15, 0.2) is 0 Å². The molecule has 78 heavy (non-hydrogen) atoms. The van der Waals surface area contributed by atoms with Gasteiger partial charge in [-0.2, -0.15) is 0 Å². The maximum absolute atomic E-state index is 13.5. The molecule has 0 aromatic carbocycles. The standard InChI is InChI=1S/C68H131N2O7P/c1-7-10-13-16-19-22-25-27-29-31-32-33-34-35-36-37-38-39-41-43-46-49-52-55-58-61-68(72)77-66(59-56-53-50-47-44-24-21-18-15-12-9-3)65(64-76-78(73,74)75-63-62-70(4,5)6)69-67(71)60-57-54-51-48-45-42-40-30-28-26-23-20-17-14-11-8-2/h27,29-30,40,56,59,65-66H,7-26,28,31-39,41-55,57-58,60-64H2,1-6H3,(H-,69,71,73,74)/p+1/b29-27+,40-30+,59-56-. The van der Waals surface area contributed by atoms with Gasteiger partial charge in [0.1, 0.15) is 19.3 Å². The van der Waals surface area contributed by atoms with Crippen LogP contribution >= 0.6 is 7.82 Å². The van der Waals surface area contributed by atoms with Gasteiger partial charge in [0.05, 0.1) is 33.8 Å². The van der Waals surface area contributed by atoms with Crippen molar-refractivity contribution in [1.29, 1.82) is 0 Å². The maximum Gasteiger partial charge on any atom is 0.472 e. The molecular formula is C68H132N2O7P+. The lowest BCUT2D eigenvalue weighted by atomic mass is 10.0. The predicted molar refractivity (Wildman–Crippen MR) is 337 cm³/mol. The summed E-state index contributed by atoms with van der Waals surface area (Å²) in [5.74, 6) is -0.500. The van der Waals surface area contributed by atoms with Crippen LogP contribution in [0.1, 0.15) is 335 Å². The Balaban J connectivity index is 5.03. The first-order chi connectivity index (χ1) is 37.9. The third kappa shape index (κ3) is 58.9. The van der Waals surface area contributed by atoms with E-state index in [-0.39, 0.29) is 25.1 Å². The first-order valence-corrected chi connectivity index (χ1v) is 35.3. The zero-order valence-electron chi connectivity index (χ0n) is 52.7. The van der Waals surface area contributed by atoms with Gasteiger partial charge in [-0.05, 0) is 83.1 Å². The number of nitrogens with one attached hydrogen (secondary N) is 1. The molecule has 0 saturated heterocycles. The van der Waals surface area contributed by atoms with Gasteiger partial charge in [-0.1, -0.05) is 276 Å². The third-order valence-corrected chi connectivity index (χ3v) is 16.3. The van der Waals surface area contributed by atoms with Crippen LogP contribution in [0.15, 0.2) is 36.5 Å². The molecule has 0 aliphatic heterocycles. The van der Waals surface area contributed by atoms with Crippen LogP contribution in [0.5, 0.6) is 0 Å². The Bertz CT molecular complexity index is 1430. The van der Waals surface area contributed by atoms with Crippen molar-refractivity contribution in [3.05, 3.63) is 36.5 Å². The summed E-state index contributed by atoms with van der Waals surface area (Å²) in [7, 11) is 1.50. The second kappa shape index (κ2) is 58.4. The van der Waals surface area contributed by atoms with E-state index < -0.39 is 20.0 Å². The van der Waals surface area contributed by atoms with Crippen LogP contribution in [-0.4, -0.2) is 74.3 Å². The van der Waals surface area contributed by atoms with Crippen LogP contribution in [0.3, 0.4) is 0 Å². The zero-order chi connectivity index (χ0) is 57.2. The number of rotatable bonds is 62. The quantitative estimate of drug-likeness (QED) is 0.0205. The number of amides is 1. The largest absolute Gasteiger partial charge is 0.472 e. The van der Waals surface area contributed by atoms with Gasteiger partial charge in [0, 0.05) is 12.8 Å². The van der Waals surface area contributed by atoms with Gasteiger partial charge >= 0.3 is 13.8 Å². The predicted octanol–water partition coefficient (Wildman–Crippen LogP) is 21.1. The molecule has 0 aromatic rings. The maximum atomic E-state index is 13.5. The van der Waals surface area contributed by atoms with Crippen molar-refractivity contribution in [2.75, 3.05) is 40.9 Å². The summed E-state index contributed by atoms with van der Waals surface area (Å²) in [5, 5.41) is 3.06. The average Bonchev–Trinajstić information content (AvgIpc) is 3.41. The lowest BCUT2D eigenvalue weighted by Crippen LogP contribution is -2.47. The molecule has 460 valence electrons. The van der Waals surface area contributed by atoms with Crippen molar-refractivity contribution < 1.29 is 37.3 Å². The number of ether oxygens (including phenoxy) is 1. The van der Waals surface area contributed by atoms with E-state index in [0.717, 1.165) is 77.0 Å². The normalized spacial score (nSPS) is 13.8. The second-order valence-corrected chi connectivity index (χ2v) is 25.8. The molecule has 1 amide bonds. The first kappa shape index (κ1) is 76.2. The molecule has 0 aliphatic carbocycles. The molecule has 0 fully saturated rings. The number of quaternary nitrogens is 1. The molecular weight excluding hydrogens is 988 g/mol. The van der Waals surface area contributed by atoms with Gasteiger partial charge in [-0.25, -0.2) is 4.57 Å². The minimum atomic E-state index is -4.45. The summed E-state index contributed by atoms with van der Waals surface area (Å²) < 4.78 is 30.7. The average molecular weight is 1120 g/mol. The number of likely N-dealkylation sites (N-methyl/N-ethyl adjacent to an activating group) is 1. The van der Waals surface area contributed by atoms with Crippen molar-refractivity contribution in [3.8, 4) is 0 Å². The van der Waals surface area contributed by atoms with Crippen molar-refractivity contribution in [3.63, 3.8) is 0 Å². The van der Waals surface area contributed by atoms with Gasteiger partial charge in [0.2, 0.25) is 5.91 Å². The van der Waals surface area contributed by atoms with Crippen LogP contribution in [0.25, 0.3) is 0 Å². The monoisotopic (exact) mass is 1120 g/mol. The van der Waals surface area contributed by atoms with Crippen LogP contribution in [0, 0.1) is 0 Å². The van der Waals surface area contributed by atoms with Gasteiger partial charge in [-0.3, -0.25) is 18.6 Å². The van der Waals surface area contributed by atoms with E-state index in [0.29, 0.717) is 23.9 Å². The van der Waals surface area contributed by atoms with Gasteiger partial charge in [0.25, 0.3) is 0 Å². The van der Waals surface area contributed by atoms with Crippen molar-refractivity contribution >= 4 is 19.7 Å². The summed E-state index contributed by atoms with van der Waals surface area (Å²) in [6.07, 6.45) is 71.6. The highest BCUT2D eigenvalue weighted by molar-refractivity contribution is 7.47. The Labute approximate surface area is 485 Å². The van der Waals surface area contributed by atoms with Crippen LogP contribution in [0.4, 0.5) is 0 Å². The Morgan fingerprint density at radius 2 is 0.744 bits per heavy atom.